The van der Waals surface area contributed by atoms with E-state index in [9.17, 15) is 9.59 Å². The second-order valence-electron chi connectivity index (χ2n) is 3.21. The molecule has 0 heterocycles. The zero-order valence-corrected chi connectivity index (χ0v) is 8.43. The van der Waals surface area contributed by atoms with Crippen molar-refractivity contribution in [3.8, 4) is 0 Å². The highest BCUT2D eigenvalue weighted by Crippen LogP contribution is 2.10. The molecule has 3 nitrogen and oxygen atoms in total. The average molecular weight is 204 g/mol. The van der Waals surface area contributed by atoms with Crippen molar-refractivity contribution in [2.24, 2.45) is 0 Å². The first-order valence-corrected chi connectivity index (χ1v) is 4.58. The van der Waals surface area contributed by atoms with Gasteiger partial charge in [-0.2, -0.15) is 0 Å². The molecule has 0 aliphatic carbocycles. The molecule has 0 amide bonds. The van der Waals surface area contributed by atoms with E-state index in [0.29, 0.717) is 5.57 Å². The molecule has 1 N–H and O–H groups in total. The standard InChI is InChI=1S/C12H12O3/c1-9(13)11(8-12(14)15)7-10-5-3-2-4-6-10/h2-7H,8H2,1H3,(H,14,15)/b11-7+. The number of aliphatic carboxylic acids is 1. The number of Topliss-reactive ketones (excluding diaryl/α,β-unsaturated/α-hetero) is 1. The van der Waals surface area contributed by atoms with Crippen molar-refractivity contribution in [1.82, 2.24) is 0 Å². The summed E-state index contributed by atoms with van der Waals surface area (Å²) in [6.07, 6.45) is 1.38. The van der Waals surface area contributed by atoms with Crippen LogP contribution in [0.25, 0.3) is 6.08 Å². The van der Waals surface area contributed by atoms with E-state index < -0.39 is 5.97 Å². The van der Waals surface area contributed by atoms with Crippen molar-refractivity contribution < 1.29 is 14.7 Å². The van der Waals surface area contributed by atoms with Gasteiger partial charge in [-0.25, -0.2) is 0 Å². The van der Waals surface area contributed by atoms with Crippen molar-refractivity contribution in [2.45, 2.75) is 13.3 Å². The molecular weight excluding hydrogens is 192 g/mol. The maximum Gasteiger partial charge on any atom is 0.307 e. The summed E-state index contributed by atoms with van der Waals surface area (Å²) in [7, 11) is 0. The number of hydrogen-bond donors (Lipinski definition) is 1. The van der Waals surface area contributed by atoms with Crippen molar-refractivity contribution in [3.05, 3.63) is 41.5 Å². The summed E-state index contributed by atoms with van der Waals surface area (Å²) in [5.74, 6) is -1.20. The van der Waals surface area contributed by atoms with E-state index >= 15 is 0 Å². The Morgan fingerprint density at radius 3 is 2.33 bits per heavy atom. The number of carboxylic acid groups (broad SMARTS) is 1. The number of carboxylic acids is 1. The van der Waals surface area contributed by atoms with Crippen LogP contribution in [0.4, 0.5) is 0 Å². The van der Waals surface area contributed by atoms with Crippen LogP contribution >= 0.6 is 0 Å². The summed E-state index contributed by atoms with van der Waals surface area (Å²) < 4.78 is 0. The fraction of sp³-hybridized carbons (Fsp3) is 0.167. The third kappa shape index (κ3) is 3.77. The molecule has 15 heavy (non-hydrogen) atoms. The van der Waals surface area contributed by atoms with Gasteiger partial charge in [-0.05, 0) is 18.6 Å². The second kappa shape index (κ2) is 5.10. The molecule has 78 valence electrons. The van der Waals surface area contributed by atoms with Gasteiger partial charge in [0.05, 0.1) is 6.42 Å². The van der Waals surface area contributed by atoms with Crippen LogP contribution in [-0.2, 0) is 9.59 Å². The summed E-state index contributed by atoms with van der Waals surface area (Å²) in [5.41, 5.74) is 1.15. The summed E-state index contributed by atoms with van der Waals surface area (Å²) in [4.78, 5) is 21.7. The Hall–Kier alpha value is -1.90. The number of carbonyl (C=O) groups excluding carboxylic acids is 1. The Balaban J connectivity index is 2.94. The monoisotopic (exact) mass is 204 g/mol. The molecule has 1 aromatic carbocycles. The van der Waals surface area contributed by atoms with E-state index in [1.165, 1.54) is 6.92 Å². The molecule has 0 radical (unpaired) electrons. The van der Waals surface area contributed by atoms with E-state index in [-0.39, 0.29) is 12.2 Å². The van der Waals surface area contributed by atoms with Crippen LogP contribution in [-0.4, -0.2) is 16.9 Å². The van der Waals surface area contributed by atoms with Crippen LogP contribution in [0.5, 0.6) is 0 Å². The second-order valence-corrected chi connectivity index (χ2v) is 3.21. The number of benzene rings is 1. The number of carbonyl (C=O) groups is 2. The first-order chi connectivity index (χ1) is 7.09. The number of ketones is 1. The third-order valence-corrected chi connectivity index (χ3v) is 1.93. The summed E-state index contributed by atoms with van der Waals surface area (Å²) in [6, 6.07) is 9.19. The largest absolute Gasteiger partial charge is 0.481 e. The van der Waals surface area contributed by atoms with E-state index in [1.807, 2.05) is 30.3 Å². The fourth-order valence-electron chi connectivity index (χ4n) is 1.19. The molecule has 0 spiro atoms. The lowest BCUT2D eigenvalue weighted by Gasteiger charge is -1.99. The van der Waals surface area contributed by atoms with Gasteiger partial charge >= 0.3 is 5.97 Å². The maximum absolute atomic E-state index is 11.2. The van der Waals surface area contributed by atoms with E-state index in [0.717, 1.165) is 5.56 Å². The minimum atomic E-state index is -0.993. The smallest absolute Gasteiger partial charge is 0.307 e. The lowest BCUT2D eigenvalue weighted by atomic mass is 10.1. The molecule has 1 rings (SSSR count). The normalized spacial score (nSPS) is 11.1. The Labute approximate surface area is 88.0 Å². The van der Waals surface area contributed by atoms with Crippen molar-refractivity contribution in [1.29, 1.82) is 0 Å². The summed E-state index contributed by atoms with van der Waals surface area (Å²) in [6.45, 7) is 1.37. The van der Waals surface area contributed by atoms with Crippen LogP contribution < -0.4 is 0 Å². The van der Waals surface area contributed by atoms with Gasteiger partial charge in [0, 0.05) is 5.57 Å². The quantitative estimate of drug-likeness (QED) is 0.764. The van der Waals surface area contributed by atoms with E-state index in [4.69, 9.17) is 5.11 Å². The predicted molar refractivity (Wildman–Crippen MR) is 57.4 cm³/mol. The lowest BCUT2D eigenvalue weighted by Crippen LogP contribution is -2.04. The highest BCUT2D eigenvalue weighted by molar-refractivity contribution is 6.01. The first kappa shape index (κ1) is 11.2. The van der Waals surface area contributed by atoms with Gasteiger partial charge in [0.2, 0.25) is 0 Å². The SMILES string of the molecule is CC(=O)/C(=C/c1ccccc1)CC(=O)O. The predicted octanol–water partition coefficient (Wildman–Crippen LogP) is 2.13. The lowest BCUT2D eigenvalue weighted by molar-refractivity contribution is -0.136. The summed E-state index contributed by atoms with van der Waals surface area (Å²) >= 11 is 0. The Kier molecular flexibility index (Phi) is 3.80. The first-order valence-electron chi connectivity index (χ1n) is 4.58. The van der Waals surface area contributed by atoms with Gasteiger partial charge in [-0.1, -0.05) is 30.3 Å². The average Bonchev–Trinajstić information content (AvgIpc) is 2.17. The van der Waals surface area contributed by atoms with Crippen molar-refractivity contribution in [2.75, 3.05) is 0 Å². The van der Waals surface area contributed by atoms with E-state index in [2.05, 4.69) is 0 Å². The zero-order valence-electron chi connectivity index (χ0n) is 8.43. The number of hydrogen-bond acceptors (Lipinski definition) is 2. The molecule has 0 aliphatic heterocycles. The molecule has 3 heteroatoms. The van der Waals surface area contributed by atoms with Gasteiger partial charge in [0.15, 0.2) is 5.78 Å². The minimum absolute atomic E-state index is 0.207. The van der Waals surface area contributed by atoms with Gasteiger partial charge in [0.1, 0.15) is 0 Å². The van der Waals surface area contributed by atoms with Crippen molar-refractivity contribution >= 4 is 17.8 Å². The van der Waals surface area contributed by atoms with Crippen LogP contribution in [0.1, 0.15) is 18.9 Å². The molecule has 0 atom stereocenters. The molecule has 0 aliphatic rings. The van der Waals surface area contributed by atoms with Gasteiger partial charge in [-0.15, -0.1) is 0 Å². The number of rotatable bonds is 4. The molecule has 0 aromatic heterocycles. The van der Waals surface area contributed by atoms with Gasteiger partial charge in [-0.3, -0.25) is 9.59 Å². The Morgan fingerprint density at radius 2 is 1.87 bits per heavy atom. The maximum atomic E-state index is 11.2. The molecule has 0 bridgehead atoms. The van der Waals surface area contributed by atoms with Crippen LogP contribution in [0.15, 0.2) is 35.9 Å². The highest BCUT2D eigenvalue weighted by Gasteiger charge is 2.08. The Morgan fingerprint density at radius 1 is 1.27 bits per heavy atom. The molecule has 0 fully saturated rings. The van der Waals surface area contributed by atoms with E-state index in [1.54, 1.807) is 6.08 Å². The topological polar surface area (TPSA) is 54.4 Å². The Bertz CT molecular complexity index is 391. The minimum Gasteiger partial charge on any atom is -0.481 e. The van der Waals surface area contributed by atoms with Crippen molar-refractivity contribution in [3.63, 3.8) is 0 Å². The van der Waals surface area contributed by atoms with Crippen LogP contribution in [0.2, 0.25) is 0 Å². The molecular formula is C12H12O3. The highest BCUT2D eigenvalue weighted by atomic mass is 16.4. The fourth-order valence-corrected chi connectivity index (χ4v) is 1.19. The summed E-state index contributed by atoms with van der Waals surface area (Å²) in [5, 5.41) is 8.62. The molecule has 1 aromatic rings. The van der Waals surface area contributed by atoms with Crippen LogP contribution in [0, 0.1) is 0 Å². The van der Waals surface area contributed by atoms with Gasteiger partial charge in [0.25, 0.3) is 0 Å². The third-order valence-electron chi connectivity index (χ3n) is 1.93. The molecule has 0 saturated heterocycles. The van der Waals surface area contributed by atoms with Gasteiger partial charge < -0.3 is 5.11 Å². The van der Waals surface area contributed by atoms with Crippen LogP contribution in [0.3, 0.4) is 0 Å². The molecule has 0 unspecified atom stereocenters. The molecule has 0 saturated carbocycles. The zero-order chi connectivity index (χ0) is 11.3.